The molecule has 9 rings (SSSR count). The van der Waals surface area contributed by atoms with Crippen LogP contribution in [0.2, 0.25) is 0 Å². The summed E-state index contributed by atoms with van der Waals surface area (Å²) in [6, 6.07) is 51.7. The monoisotopic (exact) mass is 631 g/mol. The summed E-state index contributed by atoms with van der Waals surface area (Å²) in [6.07, 6.45) is 3.63. The maximum atomic E-state index is 6.19. The Hall–Kier alpha value is -6.66. The lowest BCUT2D eigenvalue weighted by atomic mass is 9.99. The predicted molar refractivity (Wildman–Crippen MR) is 197 cm³/mol. The van der Waals surface area contributed by atoms with Crippen molar-refractivity contribution in [3.8, 4) is 33.8 Å². The lowest BCUT2D eigenvalue weighted by Gasteiger charge is -2.25. The molecular formula is C43H29N5O. The Morgan fingerprint density at radius 1 is 0.531 bits per heavy atom. The topological polar surface area (TPSA) is 76.2 Å². The van der Waals surface area contributed by atoms with E-state index in [1.807, 2.05) is 66.7 Å². The fraction of sp³-hybridized carbons (Fsp3) is 0.0233. The van der Waals surface area contributed by atoms with E-state index in [9.17, 15) is 0 Å². The number of aromatic nitrogens is 3. The average molecular weight is 632 g/mol. The van der Waals surface area contributed by atoms with E-state index in [0.29, 0.717) is 17.1 Å². The normalized spacial score (nSPS) is 14.3. The molecule has 1 aliphatic rings. The molecule has 0 fully saturated rings. The van der Waals surface area contributed by atoms with Crippen LogP contribution in [0.4, 0.5) is 0 Å². The van der Waals surface area contributed by atoms with Crippen LogP contribution in [0.25, 0.3) is 61.7 Å². The fourth-order valence-electron chi connectivity index (χ4n) is 6.31. The Balaban J connectivity index is 1.10. The zero-order chi connectivity index (χ0) is 32.6. The molecule has 49 heavy (non-hydrogen) atoms. The summed E-state index contributed by atoms with van der Waals surface area (Å²) in [6.45, 7) is 0. The molecule has 232 valence electrons. The number of furan rings is 1. The van der Waals surface area contributed by atoms with Crippen molar-refractivity contribution in [2.75, 3.05) is 0 Å². The zero-order valence-electron chi connectivity index (χ0n) is 26.4. The number of allylic oxidation sites excluding steroid dienone is 1. The van der Waals surface area contributed by atoms with Gasteiger partial charge in [0.05, 0.1) is 11.1 Å². The number of nitrogens with one attached hydrogen (secondary N) is 1. The third-order valence-electron chi connectivity index (χ3n) is 8.84. The van der Waals surface area contributed by atoms with E-state index >= 15 is 0 Å². The first kappa shape index (κ1) is 28.6. The Kier molecular flexibility index (Phi) is 7.09. The Bertz CT molecular complexity index is 2490. The van der Waals surface area contributed by atoms with E-state index in [1.54, 1.807) is 6.20 Å². The molecule has 0 saturated heterocycles. The molecule has 6 nitrogen and oxygen atoms in total. The third kappa shape index (κ3) is 5.45. The lowest BCUT2D eigenvalue weighted by molar-refractivity contribution is 0.652. The molecule has 8 aromatic rings. The summed E-state index contributed by atoms with van der Waals surface area (Å²) in [5.41, 5.74) is 12.0. The van der Waals surface area contributed by atoms with Crippen LogP contribution in [0.1, 0.15) is 22.9 Å². The Morgan fingerprint density at radius 3 is 1.88 bits per heavy atom. The number of hydrogen-bond acceptors (Lipinski definition) is 6. The molecule has 6 heteroatoms. The van der Waals surface area contributed by atoms with E-state index in [2.05, 4.69) is 101 Å². The van der Waals surface area contributed by atoms with Gasteiger partial charge < -0.3 is 9.73 Å². The maximum Gasteiger partial charge on any atom is 0.229 e. The molecular weight excluding hydrogens is 603 g/mol. The van der Waals surface area contributed by atoms with E-state index in [-0.39, 0.29) is 6.17 Å². The van der Waals surface area contributed by atoms with E-state index in [0.717, 1.165) is 55.8 Å². The molecule has 1 aliphatic heterocycles. The number of rotatable bonds is 6. The smallest absolute Gasteiger partial charge is 0.229 e. The Labute approximate surface area is 283 Å². The van der Waals surface area contributed by atoms with Gasteiger partial charge in [0.2, 0.25) is 5.71 Å². The number of nitrogens with zero attached hydrogens (tertiary/aromatic N) is 4. The summed E-state index contributed by atoms with van der Waals surface area (Å²) in [4.78, 5) is 19.6. The number of fused-ring (bicyclic) bond motifs is 3. The minimum Gasteiger partial charge on any atom is -0.434 e. The summed E-state index contributed by atoms with van der Waals surface area (Å²) < 4.78 is 6.19. The van der Waals surface area contributed by atoms with Gasteiger partial charge in [0.1, 0.15) is 17.4 Å². The van der Waals surface area contributed by atoms with Gasteiger partial charge in [-0.3, -0.25) is 4.99 Å². The third-order valence-corrected chi connectivity index (χ3v) is 8.84. The van der Waals surface area contributed by atoms with Gasteiger partial charge in [-0.25, -0.2) is 15.0 Å². The second-order valence-corrected chi connectivity index (χ2v) is 11.9. The molecule has 5 aromatic carbocycles. The maximum absolute atomic E-state index is 6.19. The van der Waals surface area contributed by atoms with Crippen molar-refractivity contribution >= 4 is 33.6 Å². The highest BCUT2D eigenvalue weighted by atomic mass is 16.3. The van der Waals surface area contributed by atoms with Crippen LogP contribution < -0.4 is 5.32 Å². The highest BCUT2D eigenvalue weighted by molar-refractivity contribution is 6.13. The number of pyridine rings is 1. The van der Waals surface area contributed by atoms with Crippen molar-refractivity contribution < 1.29 is 4.42 Å². The van der Waals surface area contributed by atoms with Crippen LogP contribution in [0, 0.1) is 0 Å². The molecule has 1 unspecified atom stereocenters. The highest BCUT2D eigenvalue weighted by Crippen LogP contribution is 2.35. The molecule has 1 N–H and O–H groups in total. The van der Waals surface area contributed by atoms with Crippen LogP contribution in [0.5, 0.6) is 0 Å². The zero-order valence-corrected chi connectivity index (χ0v) is 26.4. The predicted octanol–water partition coefficient (Wildman–Crippen LogP) is 9.90. The largest absolute Gasteiger partial charge is 0.434 e. The van der Waals surface area contributed by atoms with Gasteiger partial charge in [-0.05, 0) is 46.0 Å². The molecule has 0 radical (unpaired) electrons. The molecule has 0 amide bonds. The van der Waals surface area contributed by atoms with Crippen LogP contribution in [-0.4, -0.2) is 20.7 Å². The van der Waals surface area contributed by atoms with Crippen molar-refractivity contribution in [2.24, 2.45) is 4.99 Å². The van der Waals surface area contributed by atoms with Gasteiger partial charge in [-0.15, -0.1) is 0 Å². The van der Waals surface area contributed by atoms with Crippen LogP contribution in [0.3, 0.4) is 0 Å². The molecule has 0 spiro atoms. The van der Waals surface area contributed by atoms with Crippen molar-refractivity contribution in [1.29, 1.82) is 0 Å². The number of aliphatic imine (C=N–C) groups is 1. The first-order chi connectivity index (χ1) is 24.3. The lowest BCUT2D eigenvalue weighted by Crippen LogP contribution is -2.24. The van der Waals surface area contributed by atoms with Crippen LogP contribution >= 0.6 is 0 Å². The Morgan fingerprint density at radius 2 is 1.14 bits per heavy atom. The van der Waals surface area contributed by atoms with Crippen molar-refractivity contribution in [3.05, 3.63) is 181 Å². The van der Waals surface area contributed by atoms with E-state index in [4.69, 9.17) is 19.4 Å². The second kappa shape index (κ2) is 12.2. The van der Waals surface area contributed by atoms with Crippen molar-refractivity contribution in [3.63, 3.8) is 0 Å². The van der Waals surface area contributed by atoms with Gasteiger partial charge >= 0.3 is 0 Å². The minimum absolute atomic E-state index is 0.230. The van der Waals surface area contributed by atoms with Crippen LogP contribution in [0.15, 0.2) is 173 Å². The SMILES string of the molecule is C1=C(c2ccc(-c3nc(-c4ccccc4)c4oc5ncccc5c4n3)cc2)NC(c2ccccc2)N=C1c1ccc(-c2ccccc2)cc1. The number of benzene rings is 5. The second-order valence-electron chi connectivity index (χ2n) is 11.9. The van der Waals surface area contributed by atoms with Gasteiger partial charge in [0.15, 0.2) is 11.4 Å². The van der Waals surface area contributed by atoms with Gasteiger partial charge in [-0.1, -0.05) is 140 Å². The standard InChI is InChI=1S/C43H29N5O/c1-4-11-28(12-5-1)29-18-20-30(21-19-29)36-27-37(46-41(45-36)33-15-8-3-9-16-33)31-22-24-34(25-23-31)42-47-38(32-13-6-2-7-14-32)40-39(48-42)35-17-10-26-44-43(35)49-40/h1-27,41,46H. The van der Waals surface area contributed by atoms with Gasteiger partial charge in [-0.2, -0.15) is 0 Å². The van der Waals surface area contributed by atoms with Crippen LogP contribution in [-0.2, 0) is 0 Å². The molecule has 1 atom stereocenters. The summed E-state index contributed by atoms with van der Waals surface area (Å²) in [7, 11) is 0. The summed E-state index contributed by atoms with van der Waals surface area (Å²) in [5.74, 6) is 0.623. The fourth-order valence-corrected chi connectivity index (χ4v) is 6.31. The average Bonchev–Trinajstić information content (AvgIpc) is 3.57. The molecule has 4 heterocycles. The van der Waals surface area contributed by atoms with Crippen molar-refractivity contribution in [1.82, 2.24) is 20.3 Å². The molecule has 0 saturated carbocycles. The molecule has 0 aliphatic carbocycles. The summed E-state index contributed by atoms with van der Waals surface area (Å²) in [5, 5.41) is 4.54. The quantitative estimate of drug-likeness (QED) is 0.198. The molecule has 3 aromatic heterocycles. The number of hydrogen-bond donors (Lipinski definition) is 1. The van der Waals surface area contributed by atoms with Crippen molar-refractivity contribution in [2.45, 2.75) is 6.17 Å². The first-order valence-electron chi connectivity index (χ1n) is 16.3. The summed E-state index contributed by atoms with van der Waals surface area (Å²) >= 11 is 0. The molecule has 0 bridgehead atoms. The van der Waals surface area contributed by atoms with E-state index in [1.165, 1.54) is 11.1 Å². The van der Waals surface area contributed by atoms with Gasteiger partial charge in [0, 0.05) is 23.0 Å². The minimum atomic E-state index is -0.230. The highest BCUT2D eigenvalue weighted by Gasteiger charge is 2.21. The first-order valence-corrected chi connectivity index (χ1v) is 16.3. The van der Waals surface area contributed by atoms with Gasteiger partial charge in [0.25, 0.3) is 0 Å². The van der Waals surface area contributed by atoms with E-state index < -0.39 is 0 Å².